The Balaban J connectivity index is 1.66. The number of rotatable bonds is 8. The molecule has 1 atom stereocenters. The molecule has 40 heavy (non-hydrogen) atoms. The van der Waals surface area contributed by atoms with Gasteiger partial charge < -0.3 is 15.4 Å². The largest absolute Gasteiger partial charge is 0.463 e. The predicted molar refractivity (Wildman–Crippen MR) is 158 cm³/mol. The molecule has 0 fully saturated rings. The lowest BCUT2D eigenvalue weighted by molar-refractivity contribution is -0.138. The molecule has 0 saturated carbocycles. The normalized spacial score (nSPS) is 15.5. The van der Waals surface area contributed by atoms with Gasteiger partial charge in [-0.15, -0.1) is 0 Å². The summed E-state index contributed by atoms with van der Waals surface area (Å²) in [6.45, 7) is 10.8. The third-order valence-corrected chi connectivity index (χ3v) is 6.83. The average molecular weight is 540 g/mol. The molecule has 1 heterocycles. The molecule has 7 heteroatoms. The third-order valence-electron chi connectivity index (χ3n) is 6.83. The van der Waals surface area contributed by atoms with Gasteiger partial charge in [0.25, 0.3) is 5.91 Å². The fourth-order valence-electron chi connectivity index (χ4n) is 4.76. The number of nitrogens with one attached hydrogen (secondary N) is 2. The molecule has 1 unspecified atom stereocenters. The maximum absolute atomic E-state index is 13.4. The summed E-state index contributed by atoms with van der Waals surface area (Å²) in [5.74, 6) is -0.698. The first-order chi connectivity index (χ1) is 19.1. The Labute approximate surface area is 236 Å². The topological polar surface area (TPSA) is 87.7 Å². The van der Waals surface area contributed by atoms with Crippen LogP contribution in [0.3, 0.4) is 0 Å². The fraction of sp³-hybridized carbons (Fsp3) is 0.303. The van der Waals surface area contributed by atoms with Crippen molar-refractivity contribution < 1.29 is 19.1 Å². The van der Waals surface area contributed by atoms with E-state index >= 15 is 0 Å². The van der Waals surface area contributed by atoms with Crippen molar-refractivity contribution in [3.05, 3.63) is 107 Å². The summed E-state index contributed by atoms with van der Waals surface area (Å²) >= 11 is 0. The molecule has 1 aliphatic rings. The smallest absolute Gasteiger partial charge is 0.338 e. The van der Waals surface area contributed by atoms with Crippen LogP contribution in [0.4, 0.5) is 10.5 Å². The number of carbonyl (C=O) groups is 3. The van der Waals surface area contributed by atoms with Crippen molar-refractivity contribution in [3.8, 4) is 0 Å². The van der Waals surface area contributed by atoms with Crippen LogP contribution in [-0.2, 0) is 14.9 Å². The van der Waals surface area contributed by atoms with Gasteiger partial charge in [-0.25, -0.2) is 9.59 Å². The lowest BCUT2D eigenvalue weighted by Gasteiger charge is -2.36. The number of esters is 1. The highest BCUT2D eigenvalue weighted by molar-refractivity contribution is 6.05. The van der Waals surface area contributed by atoms with Gasteiger partial charge in [-0.05, 0) is 59.7 Å². The second-order valence-electron chi connectivity index (χ2n) is 10.8. The third kappa shape index (κ3) is 6.25. The van der Waals surface area contributed by atoms with Gasteiger partial charge in [0.2, 0.25) is 0 Å². The van der Waals surface area contributed by atoms with E-state index in [1.807, 2.05) is 61.5 Å². The zero-order chi connectivity index (χ0) is 28.9. The van der Waals surface area contributed by atoms with E-state index in [1.54, 1.807) is 36.1 Å². The first-order valence-corrected chi connectivity index (χ1v) is 13.7. The summed E-state index contributed by atoms with van der Waals surface area (Å²) in [5.41, 5.74) is 4.71. The molecule has 0 saturated heterocycles. The van der Waals surface area contributed by atoms with Crippen LogP contribution in [0, 0.1) is 0 Å². The van der Waals surface area contributed by atoms with Crippen LogP contribution in [0.1, 0.15) is 74.1 Å². The molecule has 1 aliphatic heterocycles. The number of ether oxygens (including phenoxy) is 1. The number of carbonyl (C=O) groups excluding carboxylic acids is 3. The zero-order valence-corrected chi connectivity index (χ0v) is 23.8. The highest BCUT2D eigenvalue weighted by Crippen LogP contribution is 2.37. The van der Waals surface area contributed by atoms with Crippen LogP contribution in [0.2, 0.25) is 0 Å². The molecule has 0 aliphatic carbocycles. The lowest BCUT2D eigenvalue weighted by atomic mass is 9.87. The Morgan fingerprint density at radius 3 is 2.15 bits per heavy atom. The van der Waals surface area contributed by atoms with E-state index in [-0.39, 0.29) is 24.0 Å². The van der Waals surface area contributed by atoms with Gasteiger partial charge in [-0.3, -0.25) is 9.69 Å². The van der Waals surface area contributed by atoms with Crippen LogP contribution >= 0.6 is 0 Å². The van der Waals surface area contributed by atoms with Crippen LogP contribution < -0.4 is 10.6 Å². The van der Waals surface area contributed by atoms with E-state index in [9.17, 15) is 14.4 Å². The number of amides is 3. The SMILES string of the molecule is CCCN1C(=O)NC(c2ccc(NC(=O)c3ccc(C(C)(C)C)cc3)cc2)C(C(=O)OCC)=C1c1ccccc1. The molecule has 7 nitrogen and oxygen atoms in total. The van der Waals surface area contributed by atoms with Crippen molar-refractivity contribution in [1.82, 2.24) is 10.2 Å². The summed E-state index contributed by atoms with van der Waals surface area (Å²) in [6.07, 6.45) is 0.720. The Morgan fingerprint density at radius 1 is 0.925 bits per heavy atom. The van der Waals surface area contributed by atoms with Crippen molar-refractivity contribution in [3.63, 3.8) is 0 Å². The van der Waals surface area contributed by atoms with Crippen molar-refractivity contribution >= 4 is 29.3 Å². The first kappa shape index (κ1) is 28.6. The monoisotopic (exact) mass is 539 g/mol. The molecule has 3 amide bonds. The van der Waals surface area contributed by atoms with Gasteiger partial charge in [0.05, 0.1) is 23.9 Å². The molecule has 0 aromatic heterocycles. The highest BCUT2D eigenvalue weighted by Gasteiger charge is 2.38. The van der Waals surface area contributed by atoms with Gasteiger partial charge in [0, 0.05) is 17.8 Å². The fourth-order valence-corrected chi connectivity index (χ4v) is 4.76. The van der Waals surface area contributed by atoms with E-state index in [4.69, 9.17) is 4.74 Å². The molecule has 3 aromatic carbocycles. The highest BCUT2D eigenvalue weighted by atomic mass is 16.5. The molecule has 3 aromatic rings. The summed E-state index contributed by atoms with van der Waals surface area (Å²) < 4.78 is 5.47. The zero-order valence-electron chi connectivity index (χ0n) is 23.8. The van der Waals surface area contributed by atoms with Gasteiger partial charge >= 0.3 is 12.0 Å². The molecule has 0 spiro atoms. The molecular weight excluding hydrogens is 502 g/mol. The Kier molecular flexibility index (Phi) is 8.73. The number of hydrogen-bond donors (Lipinski definition) is 2. The van der Waals surface area contributed by atoms with E-state index in [2.05, 4.69) is 31.4 Å². The summed E-state index contributed by atoms with van der Waals surface area (Å²) in [4.78, 5) is 41.1. The maximum atomic E-state index is 13.4. The van der Waals surface area contributed by atoms with Crippen LogP contribution in [-0.4, -0.2) is 36.0 Å². The lowest BCUT2D eigenvalue weighted by Crippen LogP contribution is -2.48. The number of hydrogen-bond acceptors (Lipinski definition) is 4. The van der Waals surface area contributed by atoms with Gasteiger partial charge in [-0.1, -0.05) is 82.3 Å². The summed E-state index contributed by atoms with van der Waals surface area (Å²) in [5, 5.41) is 5.93. The van der Waals surface area contributed by atoms with Crippen LogP contribution in [0.25, 0.3) is 5.70 Å². The van der Waals surface area contributed by atoms with E-state index < -0.39 is 12.0 Å². The summed E-state index contributed by atoms with van der Waals surface area (Å²) in [6, 6.07) is 23.2. The van der Waals surface area contributed by atoms with Crippen molar-refractivity contribution in [2.24, 2.45) is 0 Å². The molecule has 2 N–H and O–H groups in total. The summed E-state index contributed by atoms with van der Waals surface area (Å²) in [7, 11) is 0. The van der Waals surface area contributed by atoms with Crippen molar-refractivity contribution in [1.29, 1.82) is 0 Å². The molecule has 208 valence electrons. The van der Waals surface area contributed by atoms with Crippen LogP contribution in [0.5, 0.6) is 0 Å². The number of urea groups is 1. The minimum absolute atomic E-state index is 0.00414. The molecular formula is C33H37N3O4. The quantitative estimate of drug-likeness (QED) is 0.312. The van der Waals surface area contributed by atoms with E-state index in [1.165, 1.54) is 0 Å². The van der Waals surface area contributed by atoms with Crippen molar-refractivity contribution in [2.45, 2.75) is 52.5 Å². The second kappa shape index (κ2) is 12.2. The van der Waals surface area contributed by atoms with E-state index in [0.717, 1.165) is 17.5 Å². The first-order valence-electron chi connectivity index (χ1n) is 13.7. The average Bonchev–Trinajstić information content (AvgIpc) is 2.94. The van der Waals surface area contributed by atoms with Gasteiger partial charge in [0.15, 0.2) is 0 Å². The van der Waals surface area contributed by atoms with Crippen LogP contribution in [0.15, 0.2) is 84.4 Å². The molecule has 4 rings (SSSR count). The standard InChI is InChI=1S/C33H37N3O4/c1-6-21-36-29(23-11-9-8-10-12-23)27(31(38)40-7-2)28(35-32(36)39)22-15-19-26(20-16-22)34-30(37)24-13-17-25(18-14-24)33(3,4)5/h8-20,28H,6-7,21H2,1-5H3,(H,34,37)(H,35,39). The Hall–Kier alpha value is -4.39. The van der Waals surface area contributed by atoms with Gasteiger partial charge in [0.1, 0.15) is 0 Å². The second-order valence-corrected chi connectivity index (χ2v) is 10.8. The molecule has 0 radical (unpaired) electrons. The maximum Gasteiger partial charge on any atom is 0.338 e. The predicted octanol–water partition coefficient (Wildman–Crippen LogP) is 6.69. The Bertz CT molecular complexity index is 1390. The Morgan fingerprint density at radius 2 is 1.57 bits per heavy atom. The minimum atomic E-state index is -0.718. The van der Waals surface area contributed by atoms with Gasteiger partial charge in [-0.2, -0.15) is 0 Å². The number of benzene rings is 3. The van der Waals surface area contributed by atoms with E-state index in [0.29, 0.717) is 34.6 Å². The number of anilines is 1. The molecule has 0 bridgehead atoms. The van der Waals surface area contributed by atoms with Crippen molar-refractivity contribution in [2.75, 3.05) is 18.5 Å². The number of nitrogens with zero attached hydrogens (tertiary/aromatic N) is 1. The minimum Gasteiger partial charge on any atom is -0.463 e.